The van der Waals surface area contributed by atoms with Gasteiger partial charge in [-0.1, -0.05) is 6.07 Å². The van der Waals surface area contributed by atoms with Crippen LogP contribution in [0.4, 0.5) is 5.69 Å². The Labute approximate surface area is 137 Å². The topological polar surface area (TPSA) is 88.2 Å². The number of ether oxygens (including phenoxy) is 1. The zero-order valence-electron chi connectivity index (χ0n) is 12.4. The van der Waals surface area contributed by atoms with Crippen LogP contribution in [0.5, 0.6) is 5.75 Å². The zero-order valence-corrected chi connectivity index (χ0v) is 13.2. The molecule has 5 nitrogen and oxygen atoms in total. The van der Waals surface area contributed by atoms with E-state index in [-0.39, 0.29) is 11.7 Å². The Morgan fingerprint density at radius 1 is 1.17 bits per heavy atom. The number of rotatable bonds is 4. The Morgan fingerprint density at radius 3 is 2.57 bits per heavy atom. The molecule has 0 saturated carbocycles. The van der Waals surface area contributed by atoms with Gasteiger partial charge in [0.1, 0.15) is 11.6 Å². The van der Waals surface area contributed by atoms with E-state index in [1.807, 2.05) is 24.3 Å². The fraction of sp³-hybridized carbons (Fsp3) is 0.0588. The van der Waals surface area contributed by atoms with Crippen molar-refractivity contribution in [3.05, 3.63) is 59.0 Å². The molecule has 0 unspecified atom stereocenters. The number of hydrogen-bond donors (Lipinski definition) is 3. The van der Waals surface area contributed by atoms with Gasteiger partial charge in [0.25, 0.3) is 5.91 Å². The van der Waals surface area contributed by atoms with Crippen molar-refractivity contribution >= 4 is 38.9 Å². The average molecular weight is 325 g/mol. The van der Waals surface area contributed by atoms with Crippen LogP contribution in [0.1, 0.15) is 15.2 Å². The molecular formula is C17H15N3O2S. The third kappa shape index (κ3) is 3.17. The van der Waals surface area contributed by atoms with Crippen LogP contribution in [-0.4, -0.2) is 18.9 Å². The molecule has 0 aliphatic rings. The molecule has 0 bridgehead atoms. The Kier molecular flexibility index (Phi) is 3.99. The van der Waals surface area contributed by atoms with Crippen molar-refractivity contribution in [1.82, 2.24) is 0 Å². The van der Waals surface area contributed by atoms with E-state index < -0.39 is 0 Å². The van der Waals surface area contributed by atoms with E-state index >= 15 is 0 Å². The fourth-order valence-corrected chi connectivity index (χ4v) is 3.15. The van der Waals surface area contributed by atoms with Crippen LogP contribution in [0.3, 0.4) is 0 Å². The highest BCUT2D eigenvalue weighted by molar-refractivity contribution is 7.20. The van der Waals surface area contributed by atoms with Crippen molar-refractivity contribution < 1.29 is 9.53 Å². The number of nitrogens with one attached hydrogen (secondary N) is 2. The summed E-state index contributed by atoms with van der Waals surface area (Å²) in [7, 11) is 1.58. The molecule has 1 aromatic heterocycles. The van der Waals surface area contributed by atoms with Crippen LogP contribution in [0, 0.1) is 5.41 Å². The molecule has 0 saturated heterocycles. The molecular weight excluding hydrogens is 310 g/mol. The molecule has 2 aromatic carbocycles. The molecule has 1 heterocycles. The molecule has 1 amide bonds. The molecule has 3 rings (SSSR count). The number of fused-ring (bicyclic) bond motifs is 1. The van der Waals surface area contributed by atoms with E-state index in [2.05, 4.69) is 5.32 Å². The molecule has 4 N–H and O–H groups in total. The van der Waals surface area contributed by atoms with E-state index in [1.54, 1.807) is 31.4 Å². The van der Waals surface area contributed by atoms with Crippen molar-refractivity contribution in [2.75, 3.05) is 12.4 Å². The first kappa shape index (κ1) is 15.1. The molecule has 0 atom stereocenters. The van der Waals surface area contributed by atoms with Crippen LogP contribution in [-0.2, 0) is 0 Å². The smallest absolute Gasteiger partial charge is 0.255 e. The van der Waals surface area contributed by atoms with Crippen molar-refractivity contribution in [3.63, 3.8) is 0 Å². The number of nitrogens with two attached hydrogens (primary N) is 1. The molecule has 0 fully saturated rings. The largest absolute Gasteiger partial charge is 0.497 e. The summed E-state index contributed by atoms with van der Waals surface area (Å²) in [4.78, 5) is 13.0. The second kappa shape index (κ2) is 6.10. The minimum absolute atomic E-state index is 0.0509. The highest BCUT2D eigenvalue weighted by atomic mass is 32.1. The number of methoxy groups -OCH3 is 1. The number of benzene rings is 2. The second-order valence-electron chi connectivity index (χ2n) is 4.96. The first-order valence-electron chi connectivity index (χ1n) is 6.90. The van der Waals surface area contributed by atoms with Crippen LogP contribution in [0.25, 0.3) is 10.1 Å². The van der Waals surface area contributed by atoms with E-state index in [0.717, 1.165) is 15.0 Å². The lowest BCUT2D eigenvalue weighted by atomic mass is 10.2. The predicted octanol–water partition coefficient (Wildman–Crippen LogP) is 3.45. The van der Waals surface area contributed by atoms with Gasteiger partial charge in [-0.2, -0.15) is 0 Å². The summed E-state index contributed by atoms with van der Waals surface area (Å²) in [6.07, 6.45) is 0. The Hall–Kier alpha value is -2.86. The summed E-state index contributed by atoms with van der Waals surface area (Å²) in [5.74, 6) is 0.573. The minimum Gasteiger partial charge on any atom is -0.497 e. The molecule has 0 radical (unpaired) electrons. The van der Waals surface area contributed by atoms with Gasteiger partial charge in [0.15, 0.2) is 0 Å². The van der Waals surface area contributed by atoms with E-state index in [9.17, 15) is 4.79 Å². The number of nitrogen functional groups attached to an aromatic ring is 1. The van der Waals surface area contributed by atoms with Crippen molar-refractivity contribution in [1.29, 1.82) is 5.41 Å². The summed E-state index contributed by atoms with van der Waals surface area (Å²) in [5, 5.41) is 11.4. The number of anilines is 1. The van der Waals surface area contributed by atoms with Crippen LogP contribution in [0.2, 0.25) is 0 Å². The van der Waals surface area contributed by atoms with Gasteiger partial charge in [-0.05, 0) is 47.9 Å². The van der Waals surface area contributed by atoms with Crippen LogP contribution < -0.4 is 15.8 Å². The second-order valence-corrected chi connectivity index (χ2v) is 6.04. The highest BCUT2D eigenvalue weighted by Crippen LogP contribution is 2.28. The molecule has 6 heteroatoms. The first-order chi connectivity index (χ1) is 11.1. The maximum absolute atomic E-state index is 12.3. The Morgan fingerprint density at radius 2 is 1.91 bits per heavy atom. The van der Waals surface area contributed by atoms with Gasteiger partial charge in [0.05, 0.1) is 12.0 Å². The molecule has 0 aliphatic carbocycles. The summed E-state index contributed by atoms with van der Waals surface area (Å²) < 4.78 is 6.05. The number of thiophene rings is 1. The van der Waals surface area contributed by atoms with Gasteiger partial charge in [-0.25, -0.2) is 0 Å². The van der Waals surface area contributed by atoms with Gasteiger partial charge < -0.3 is 15.8 Å². The first-order valence-corrected chi connectivity index (χ1v) is 7.72. The third-order valence-corrected chi connectivity index (χ3v) is 4.53. The third-order valence-electron chi connectivity index (χ3n) is 3.40. The average Bonchev–Trinajstić information content (AvgIpc) is 2.98. The van der Waals surface area contributed by atoms with Gasteiger partial charge in [-0.15, -0.1) is 11.3 Å². The summed E-state index contributed by atoms with van der Waals surface area (Å²) in [6.45, 7) is 0. The maximum Gasteiger partial charge on any atom is 0.255 e. The number of carbonyl (C=O) groups excluding carboxylic acids is 1. The number of amides is 1. The van der Waals surface area contributed by atoms with Crippen molar-refractivity contribution in [2.45, 2.75) is 0 Å². The number of hydrogen-bond acceptors (Lipinski definition) is 4. The summed E-state index contributed by atoms with van der Waals surface area (Å²) in [6, 6.07) is 14.4. The standard InChI is InChI=1S/C17H15N3O2S/c1-22-13-6-3-10(4-7-13)17(21)20-12-5-2-11-8-15(16(18)19)23-14(11)9-12/h2-9H,1H3,(H3,18,19)(H,20,21). The normalized spacial score (nSPS) is 10.5. The quantitative estimate of drug-likeness (QED) is 0.507. The maximum atomic E-state index is 12.3. The van der Waals surface area contributed by atoms with E-state index in [4.69, 9.17) is 15.9 Å². The van der Waals surface area contributed by atoms with Crippen molar-refractivity contribution in [3.8, 4) is 5.75 Å². The van der Waals surface area contributed by atoms with Gasteiger partial charge in [0, 0.05) is 16.0 Å². The molecule has 0 spiro atoms. The van der Waals surface area contributed by atoms with Crippen molar-refractivity contribution in [2.24, 2.45) is 5.73 Å². The fourth-order valence-electron chi connectivity index (χ4n) is 2.19. The lowest BCUT2D eigenvalue weighted by molar-refractivity contribution is 0.102. The number of amidine groups is 1. The SMILES string of the molecule is COc1ccc(C(=O)Nc2ccc3cc(C(=N)N)sc3c2)cc1. The van der Waals surface area contributed by atoms with E-state index in [0.29, 0.717) is 17.0 Å². The predicted molar refractivity (Wildman–Crippen MR) is 93.8 cm³/mol. The number of carbonyl (C=O) groups is 1. The van der Waals surface area contributed by atoms with Gasteiger partial charge in [-0.3, -0.25) is 10.2 Å². The minimum atomic E-state index is -0.185. The Bertz CT molecular complexity index is 884. The van der Waals surface area contributed by atoms with Crippen LogP contribution in [0.15, 0.2) is 48.5 Å². The highest BCUT2D eigenvalue weighted by Gasteiger charge is 2.09. The summed E-state index contributed by atoms with van der Waals surface area (Å²) >= 11 is 1.43. The molecule has 23 heavy (non-hydrogen) atoms. The lowest BCUT2D eigenvalue weighted by Crippen LogP contribution is -2.11. The van der Waals surface area contributed by atoms with Gasteiger partial charge >= 0.3 is 0 Å². The summed E-state index contributed by atoms with van der Waals surface area (Å²) in [5.41, 5.74) is 6.77. The van der Waals surface area contributed by atoms with Gasteiger partial charge in [0.2, 0.25) is 0 Å². The Balaban J connectivity index is 1.82. The molecule has 3 aromatic rings. The van der Waals surface area contributed by atoms with Crippen LogP contribution >= 0.6 is 11.3 Å². The lowest BCUT2D eigenvalue weighted by Gasteiger charge is -2.06. The van der Waals surface area contributed by atoms with E-state index in [1.165, 1.54) is 11.3 Å². The zero-order chi connectivity index (χ0) is 16.4. The molecule has 116 valence electrons. The molecule has 0 aliphatic heterocycles. The monoisotopic (exact) mass is 325 g/mol.